The normalized spacial score (nSPS) is 10.5. The molecule has 0 bridgehead atoms. The molecular formula is C40H79CaNaO6. The molecule has 2 N–H and O–H groups in total. The molecule has 8 heteroatoms. The molecule has 278 valence electrons. The van der Waals surface area contributed by atoms with E-state index in [1.54, 1.807) is 0 Å². The van der Waals surface area contributed by atoms with Gasteiger partial charge in [-0.2, -0.15) is 0 Å². The van der Waals surface area contributed by atoms with Crippen molar-refractivity contribution in [3.8, 4) is 0 Å². The number of carbonyl (C=O) groups excluding carboxylic acids is 1. The zero-order chi connectivity index (χ0) is 34.2. The van der Waals surface area contributed by atoms with Crippen molar-refractivity contribution in [2.24, 2.45) is 0 Å². The van der Waals surface area contributed by atoms with E-state index in [-0.39, 0.29) is 71.6 Å². The minimum absolute atomic E-state index is 0. The molecule has 0 aliphatic rings. The van der Waals surface area contributed by atoms with Crippen LogP contribution in [0, 0.1) is 0 Å². The van der Waals surface area contributed by atoms with Crippen molar-refractivity contribution < 1.29 is 63.2 Å². The Labute approximate surface area is 353 Å². The Morgan fingerprint density at radius 2 is 0.729 bits per heavy atom. The van der Waals surface area contributed by atoms with Crippen LogP contribution < -0.4 is 29.6 Å². The van der Waals surface area contributed by atoms with Crippen LogP contribution in [0.3, 0.4) is 0 Å². The number of ether oxygens (including phenoxy) is 1. The molecule has 0 aliphatic heterocycles. The molecule has 0 heterocycles. The average molecular weight is 719 g/mol. The van der Waals surface area contributed by atoms with Gasteiger partial charge in [0.25, 0.3) is 0 Å². The molecule has 0 aliphatic carbocycles. The van der Waals surface area contributed by atoms with Crippen molar-refractivity contribution in [1.29, 1.82) is 0 Å². The molecule has 0 spiro atoms. The van der Waals surface area contributed by atoms with Crippen LogP contribution in [0.2, 0.25) is 0 Å². The zero-order valence-corrected chi connectivity index (χ0v) is 36.4. The number of carbonyl (C=O) groups is 3. The second kappa shape index (κ2) is 49.5. The topological polar surface area (TPSA) is 101 Å². The SMILES string of the molecule is CCCCCCCCCCCCCCCCCC(=O)O.CCCCCCCCCCCCCCCCCCOC(=O)C=CC(=O)O.[Ca+2].[H-].[H-].[H-].[Na+]. The molecule has 48 heavy (non-hydrogen) atoms. The number of carboxylic acids is 2. The summed E-state index contributed by atoms with van der Waals surface area (Å²) in [5.41, 5.74) is 0. The number of esters is 1. The van der Waals surface area contributed by atoms with Crippen molar-refractivity contribution in [2.75, 3.05) is 6.61 Å². The van der Waals surface area contributed by atoms with Crippen LogP contribution in [0.15, 0.2) is 12.2 Å². The number of unbranched alkanes of at least 4 members (excludes halogenated alkanes) is 29. The molecule has 0 atom stereocenters. The molecule has 0 saturated heterocycles. The van der Waals surface area contributed by atoms with Gasteiger partial charge in [0.1, 0.15) is 0 Å². The van der Waals surface area contributed by atoms with E-state index < -0.39 is 17.9 Å². The molecule has 0 amide bonds. The van der Waals surface area contributed by atoms with Gasteiger partial charge in [-0.25, -0.2) is 9.59 Å². The first-order valence-corrected chi connectivity index (χ1v) is 19.7. The second-order valence-electron chi connectivity index (χ2n) is 13.2. The van der Waals surface area contributed by atoms with Crippen LogP contribution in [0.4, 0.5) is 0 Å². The fourth-order valence-electron chi connectivity index (χ4n) is 5.66. The third-order valence-corrected chi connectivity index (χ3v) is 8.60. The summed E-state index contributed by atoms with van der Waals surface area (Å²) in [5.74, 6) is -2.36. The number of carboxylic acid groups (broad SMARTS) is 2. The van der Waals surface area contributed by atoms with Crippen LogP contribution in [0.1, 0.15) is 224 Å². The fraction of sp³-hybridized carbons (Fsp3) is 0.875. The number of rotatable bonds is 35. The van der Waals surface area contributed by atoms with E-state index in [9.17, 15) is 14.4 Å². The third kappa shape index (κ3) is 55.8. The van der Waals surface area contributed by atoms with Crippen LogP contribution >= 0.6 is 0 Å². The first-order valence-electron chi connectivity index (χ1n) is 19.7. The van der Waals surface area contributed by atoms with E-state index >= 15 is 0 Å². The van der Waals surface area contributed by atoms with E-state index in [4.69, 9.17) is 14.9 Å². The maximum Gasteiger partial charge on any atom is 2.00 e. The van der Waals surface area contributed by atoms with E-state index in [0.29, 0.717) is 13.0 Å². The van der Waals surface area contributed by atoms with Crippen molar-refractivity contribution in [3.63, 3.8) is 0 Å². The minimum atomic E-state index is -1.13. The molecule has 6 nitrogen and oxygen atoms in total. The molecular weight excluding hydrogens is 640 g/mol. The van der Waals surface area contributed by atoms with Gasteiger partial charge in [-0.1, -0.05) is 200 Å². The predicted molar refractivity (Wildman–Crippen MR) is 204 cm³/mol. The summed E-state index contributed by atoms with van der Waals surface area (Å²) in [6.45, 7) is 4.91. The molecule has 0 aromatic carbocycles. The Hall–Kier alpha value is 0.410. The van der Waals surface area contributed by atoms with Crippen molar-refractivity contribution >= 4 is 55.6 Å². The monoisotopic (exact) mass is 719 g/mol. The summed E-state index contributed by atoms with van der Waals surface area (Å²) in [5, 5.41) is 16.9. The Morgan fingerprint density at radius 1 is 0.458 bits per heavy atom. The van der Waals surface area contributed by atoms with Crippen molar-refractivity contribution in [1.82, 2.24) is 0 Å². The van der Waals surface area contributed by atoms with Crippen molar-refractivity contribution in [3.05, 3.63) is 12.2 Å². The summed E-state index contributed by atoms with van der Waals surface area (Å²) < 4.78 is 4.92. The number of aliphatic carboxylic acids is 2. The number of hydrogen-bond acceptors (Lipinski definition) is 4. The van der Waals surface area contributed by atoms with Crippen LogP contribution in [0.25, 0.3) is 0 Å². The first-order chi connectivity index (χ1) is 22.4. The quantitative estimate of drug-likeness (QED) is 0.0293. The van der Waals surface area contributed by atoms with Gasteiger partial charge >= 0.3 is 85.2 Å². The van der Waals surface area contributed by atoms with E-state index in [0.717, 1.165) is 37.8 Å². The molecule has 0 unspecified atom stereocenters. The zero-order valence-electron chi connectivity index (χ0n) is 35.2. The van der Waals surface area contributed by atoms with Crippen molar-refractivity contribution in [2.45, 2.75) is 219 Å². The van der Waals surface area contributed by atoms with Gasteiger partial charge < -0.3 is 19.2 Å². The number of hydrogen-bond donors (Lipinski definition) is 2. The van der Waals surface area contributed by atoms with E-state index in [1.807, 2.05) is 0 Å². The maximum absolute atomic E-state index is 11.1. The van der Waals surface area contributed by atoms with Crippen LogP contribution in [-0.4, -0.2) is 72.5 Å². The van der Waals surface area contributed by atoms with Gasteiger partial charge in [-0.15, -0.1) is 0 Å². The first kappa shape index (κ1) is 55.2. The average Bonchev–Trinajstić information content (AvgIpc) is 3.03. The van der Waals surface area contributed by atoms with Gasteiger partial charge in [0.15, 0.2) is 0 Å². The van der Waals surface area contributed by atoms with Crippen LogP contribution in [0.5, 0.6) is 0 Å². The Kier molecular flexibility index (Phi) is 56.9. The maximum atomic E-state index is 11.1. The van der Waals surface area contributed by atoms with Gasteiger partial charge in [-0.3, -0.25) is 4.79 Å². The Morgan fingerprint density at radius 3 is 1.00 bits per heavy atom. The Balaban J connectivity index is -0.000000142. The van der Waals surface area contributed by atoms with Gasteiger partial charge in [0.2, 0.25) is 0 Å². The summed E-state index contributed by atoms with van der Waals surface area (Å²) in [6, 6.07) is 0. The standard InChI is InChI=1S/C22H40O4.C18H36O2.Ca.Na.3H/c1-2-3-4-5-6-7-8-9-10-11-12-13-14-15-16-17-20-26-22(25)19-18-21(23)24;1-2-3-4-5-6-7-8-9-10-11-12-13-14-15-16-17-18(19)20;;;;;/h18-19H,2-17,20H2,1H3,(H,23,24);2-17H2,1H3,(H,19,20);;;;;/q;;+2;+1;3*-1. The summed E-state index contributed by atoms with van der Waals surface area (Å²) in [4.78, 5) is 31.7. The van der Waals surface area contributed by atoms with Gasteiger partial charge in [-0.05, 0) is 12.8 Å². The summed E-state index contributed by atoms with van der Waals surface area (Å²) >= 11 is 0. The third-order valence-electron chi connectivity index (χ3n) is 8.60. The van der Waals surface area contributed by atoms with E-state index in [1.165, 1.54) is 173 Å². The van der Waals surface area contributed by atoms with Gasteiger partial charge in [0.05, 0.1) is 6.61 Å². The molecule has 0 aromatic rings. The molecule has 0 saturated carbocycles. The Bertz CT molecular complexity index is 705. The smallest absolute Gasteiger partial charge is 1.00 e. The summed E-state index contributed by atoms with van der Waals surface area (Å²) in [7, 11) is 0. The van der Waals surface area contributed by atoms with E-state index in [2.05, 4.69) is 13.8 Å². The second-order valence-corrected chi connectivity index (χ2v) is 13.2. The van der Waals surface area contributed by atoms with Crippen LogP contribution in [-0.2, 0) is 19.1 Å². The fourth-order valence-corrected chi connectivity index (χ4v) is 5.66. The molecule has 0 rings (SSSR count). The largest absolute Gasteiger partial charge is 2.00 e. The molecule has 0 radical (unpaired) electrons. The molecule has 0 aromatic heterocycles. The molecule has 0 fully saturated rings. The van der Waals surface area contributed by atoms with Gasteiger partial charge in [0, 0.05) is 18.6 Å². The summed E-state index contributed by atoms with van der Waals surface area (Å²) in [6.07, 6.45) is 42.9. The predicted octanol–water partition coefficient (Wildman–Crippen LogP) is 9.73. The minimum Gasteiger partial charge on any atom is -1.00 e.